The molecule has 0 aliphatic carbocycles. The highest BCUT2D eigenvalue weighted by Gasteiger charge is 2.26. The average Bonchev–Trinajstić information content (AvgIpc) is 2.84. The fourth-order valence-electron chi connectivity index (χ4n) is 1.95. The number of nitrogens with zero attached hydrogens (tertiary/aromatic N) is 1. The quantitative estimate of drug-likeness (QED) is 0.723. The van der Waals surface area contributed by atoms with Crippen LogP contribution in [-0.2, 0) is 19.0 Å². The van der Waals surface area contributed by atoms with Crippen molar-refractivity contribution in [2.45, 2.75) is 51.7 Å². The summed E-state index contributed by atoms with van der Waals surface area (Å²) < 4.78 is 15.5. The molecule has 1 atom stereocenters. The van der Waals surface area contributed by atoms with Crippen molar-refractivity contribution < 1.29 is 23.8 Å². The van der Waals surface area contributed by atoms with Crippen molar-refractivity contribution in [2.75, 3.05) is 26.8 Å². The lowest BCUT2D eigenvalue weighted by molar-refractivity contribution is -0.140. The first-order valence-corrected chi connectivity index (χ1v) is 6.98. The Labute approximate surface area is 120 Å². The first-order chi connectivity index (χ1) is 9.31. The number of carbonyl (C=O) groups is 2. The van der Waals surface area contributed by atoms with Crippen molar-refractivity contribution in [1.82, 2.24) is 4.90 Å². The maximum atomic E-state index is 12.1. The minimum Gasteiger partial charge on any atom is -0.469 e. The third-order valence-electron chi connectivity index (χ3n) is 2.91. The lowest BCUT2D eigenvalue weighted by Crippen LogP contribution is -2.42. The van der Waals surface area contributed by atoms with Crippen molar-refractivity contribution >= 4 is 12.1 Å². The zero-order valence-corrected chi connectivity index (χ0v) is 12.8. The van der Waals surface area contributed by atoms with E-state index in [0.29, 0.717) is 6.54 Å². The van der Waals surface area contributed by atoms with Crippen molar-refractivity contribution in [3.63, 3.8) is 0 Å². The number of hydrogen-bond acceptors (Lipinski definition) is 5. The molecule has 1 unspecified atom stereocenters. The Bertz CT molecular complexity index is 331. The van der Waals surface area contributed by atoms with E-state index in [-0.39, 0.29) is 25.0 Å². The van der Waals surface area contributed by atoms with E-state index in [4.69, 9.17) is 9.47 Å². The van der Waals surface area contributed by atoms with Crippen LogP contribution in [0.25, 0.3) is 0 Å². The maximum Gasteiger partial charge on any atom is 0.410 e. The van der Waals surface area contributed by atoms with Gasteiger partial charge in [-0.15, -0.1) is 0 Å². The maximum absolute atomic E-state index is 12.1. The van der Waals surface area contributed by atoms with E-state index in [1.165, 1.54) is 12.0 Å². The third-order valence-corrected chi connectivity index (χ3v) is 2.91. The number of ether oxygens (including phenoxy) is 3. The molecule has 0 aromatic heterocycles. The Hall–Kier alpha value is -1.30. The Morgan fingerprint density at radius 1 is 1.35 bits per heavy atom. The van der Waals surface area contributed by atoms with Crippen molar-refractivity contribution in [3.05, 3.63) is 0 Å². The highest BCUT2D eigenvalue weighted by molar-refractivity contribution is 5.72. The largest absolute Gasteiger partial charge is 0.469 e. The third kappa shape index (κ3) is 6.23. The molecule has 1 rings (SSSR count). The summed E-state index contributed by atoms with van der Waals surface area (Å²) in [6.45, 7) is 6.90. The smallest absolute Gasteiger partial charge is 0.410 e. The first kappa shape index (κ1) is 16.8. The summed E-state index contributed by atoms with van der Waals surface area (Å²) >= 11 is 0. The molecule has 6 heteroatoms. The molecule has 0 aromatic carbocycles. The monoisotopic (exact) mass is 287 g/mol. The van der Waals surface area contributed by atoms with Crippen LogP contribution < -0.4 is 0 Å². The van der Waals surface area contributed by atoms with E-state index in [0.717, 1.165) is 19.4 Å². The van der Waals surface area contributed by atoms with Gasteiger partial charge >= 0.3 is 12.1 Å². The number of carbonyl (C=O) groups excluding carboxylic acids is 2. The van der Waals surface area contributed by atoms with Gasteiger partial charge in [-0.3, -0.25) is 4.79 Å². The molecular weight excluding hydrogens is 262 g/mol. The number of rotatable bonds is 5. The van der Waals surface area contributed by atoms with Crippen molar-refractivity contribution in [3.8, 4) is 0 Å². The predicted molar refractivity (Wildman–Crippen MR) is 73.4 cm³/mol. The van der Waals surface area contributed by atoms with Crippen LogP contribution >= 0.6 is 0 Å². The summed E-state index contributed by atoms with van der Waals surface area (Å²) in [5.41, 5.74) is -0.558. The molecule has 1 saturated heterocycles. The summed E-state index contributed by atoms with van der Waals surface area (Å²) in [4.78, 5) is 24.9. The van der Waals surface area contributed by atoms with Crippen LogP contribution in [-0.4, -0.2) is 55.5 Å². The van der Waals surface area contributed by atoms with Crippen LogP contribution in [0.15, 0.2) is 0 Å². The molecule has 116 valence electrons. The summed E-state index contributed by atoms with van der Waals surface area (Å²) in [6, 6.07) is 0. The molecule has 0 saturated carbocycles. The zero-order chi connectivity index (χ0) is 15.2. The van der Waals surface area contributed by atoms with E-state index in [2.05, 4.69) is 4.74 Å². The highest BCUT2D eigenvalue weighted by atomic mass is 16.6. The van der Waals surface area contributed by atoms with Gasteiger partial charge in [-0.2, -0.15) is 0 Å². The number of esters is 1. The second-order valence-corrected chi connectivity index (χ2v) is 5.89. The van der Waals surface area contributed by atoms with E-state index >= 15 is 0 Å². The zero-order valence-electron chi connectivity index (χ0n) is 12.8. The van der Waals surface area contributed by atoms with E-state index in [1.54, 1.807) is 0 Å². The molecule has 0 N–H and O–H groups in total. The Morgan fingerprint density at radius 3 is 2.55 bits per heavy atom. The SMILES string of the molecule is COC(=O)CCN(CC1CCCO1)C(=O)OC(C)(C)C. The Balaban J connectivity index is 2.56. The van der Waals surface area contributed by atoms with E-state index in [1.807, 2.05) is 20.8 Å². The van der Waals surface area contributed by atoms with Crippen LogP contribution in [0, 0.1) is 0 Å². The van der Waals surface area contributed by atoms with E-state index in [9.17, 15) is 9.59 Å². The Kier molecular flexibility index (Phi) is 6.26. The van der Waals surface area contributed by atoms with Gasteiger partial charge in [-0.05, 0) is 33.6 Å². The van der Waals surface area contributed by atoms with Gasteiger partial charge in [-0.1, -0.05) is 0 Å². The van der Waals surface area contributed by atoms with Gasteiger partial charge in [0.15, 0.2) is 0 Å². The molecule has 20 heavy (non-hydrogen) atoms. The minimum atomic E-state index is -0.558. The summed E-state index contributed by atoms with van der Waals surface area (Å²) in [6.07, 6.45) is 1.70. The molecule has 0 aromatic rings. The molecule has 1 heterocycles. The van der Waals surface area contributed by atoms with Gasteiger partial charge in [0.1, 0.15) is 5.60 Å². The first-order valence-electron chi connectivity index (χ1n) is 6.98. The molecule has 1 fully saturated rings. The van der Waals surface area contributed by atoms with Gasteiger partial charge in [0.2, 0.25) is 0 Å². The summed E-state index contributed by atoms with van der Waals surface area (Å²) in [5.74, 6) is -0.342. The van der Waals surface area contributed by atoms with Crippen LogP contribution in [0.3, 0.4) is 0 Å². The minimum absolute atomic E-state index is 0.0279. The second-order valence-electron chi connectivity index (χ2n) is 5.89. The van der Waals surface area contributed by atoms with Crippen LogP contribution in [0.4, 0.5) is 4.79 Å². The van der Waals surface area contributed by atoms with Gasteiger partial charge in [-0.25, -0.2) is 4.79 Å². The Morgan fingerprint density at radius 2 is 2.05 bits per heavy atom. The molecule has 1 aliphatic heterocycles. The fraction of sp³-hybridized carbons (Fsp3) is 0.857. The number of hydrogen-bond donors (Lipinski definition) is 0. The van der Waals surface area contributed by atoms with Crippen LogP contribution in [0.5, 0.6) is 0 Å². The normalized spacial score (nSPS) is 18.7. The summed E-state index contributed by atoms with van der Waals surface area (Å²) in [5, 5.41) is 0. The van der Waals surface area contributed by atoms with Gasteiger partial charge < -0.3 is 19.1 Å². The predicted octanol–water partition coefficient (Wildman–Crippen LogP) is 1.97. The lowest BCUT2D eigenvalue weighted by atomic mass is 10.2. The molecule has 0 radical (unpaired) electrons. The average molecular weight is 287 g/mol. The van der Waals surface area contributed by atoms with Gasteiger partial charge in [0, 0.05) is 13.2 Å². The number of amides is 1. The second kappa shape index (κ2) is 7.47. The van der Waals surface area contributed by atoms with E-state index < -0.39 is 11.7 Å². The van der Waals surface area contributed by atoms with Gasteiger partial charge in [0.05, 0.1) is 26.2 Å². The lowest BCUT2D eigenvalue weighted by Gasteiger charge is -2.28. The van der Waals surface area contributed by atoms with Crippen LogP contribution in [0.2, 0.25) is 0 Å². The van der Waals surface area contributed by atoms with Crippen LogP contribution in [0.1, 0.15) is 40.0 Å². The highest BCUT2D eigenvalue weighted by Crippen LogP contribution is 2.16. The summed E-state index contributed by atoms with van der Waals surface area (Å²) in [7, 11) is 1.33. The van der Waals surface area contributed by atoms with Crippen molar-refractivity contribution in [1.29, 1.82) is 0 Å². The molecule has 1 amide bonds. The number of methoxy groups -OCH3 is 1. The fourth-order valence-corrected chi connectivity index (χ4v) is 1.95. The van der Waals surface area contributed by atoms with Crippen molar-refractivity contribution in [2.24, 2.45) is 0 Å². The molecule has 0 bridgehead atoms. The standard InChI is InChI=1S/C14H25NO5/c1-14(2,3)20-13(17)15(8-7-12(16)18-4)10-11-6-5-9-19-11/h11H,5-10H2,1-4H3. The molecule has 1 aliphatic rings. The molecule has 6 nitrogen and oxygen atoms in total. The molecular formula is C14H25NO5. The molecule has 0 spiro atoms. The van der Waals surface area contributed by atoms with Gasteiger partial charge in [0.25, 0.3) is 0 Å². The topological polar surface area (TPSA) is 65.1 Å².